The van der Waals surface area contributed by atoms with Crippen molar-refractivity contribution in [3.05, 3.63) is 69.0 Å². The van der Waals surface area contributed by atoms with Gasteiger partial charge >= 0.3 is 5.97 Å². The van der Waals surface area contributed by atoms with Crippen LogP contribution in [0.25, 0.3) is 6.08 Å². The van der Waals surface area contributed by atoms with Crippen LogP contribution in [0.2, 0.25) is 0 Å². The summed E-state index contributed by atoms with van der Waals surface area (Å²) < 4.78 is 7.00. The molecular weight excluding hydrogens is 336 g/mol. The van der Waals surface area contributed by atoms with Crippen molar-refractivity contribution in [3.8, 4) is 0 Å². The lowest BCUT2D eigenvalue weighted by atomic mass is 10.1. The lowest BCUT2D eigenvalue weighted by molar-refractivity contribution is -0.384. The monoisotopic (exact) mass is 356 g/mol. The number of carbonyl (C=O) groups excluding carboxylic acids is 2. The van der Waals surface area contributed by atoms with Crippen LogP contribution in [0.15, 0.2) is 36.4 Å². The van der Waals surface area contributed by atoms with E-state index >= 15 is 0 Å². The van der Waals surface area contributed by atoms with E-state index in [9.17, 15) is 19.7 Å². The number of esters is 1. The average Bonchev–Trinajstić information content (AvgIpc) is 2.91. The van der Waals surface area contributed by atoms with Crippen molar-refractivity contribution >= 4 is 23.5 Å². The van der Waals surface area contributed by atoms with Crippen LogP contribution in [-0.2, 0) is 16.1 Å². The summed E-state index contributed by atoms with van der Waals surface area (Å²) >= 11 is 0. The van der Waals surface area contributed by atoms with Gasteiger partial charge in [0, 0.05) is 41.7 Å². The molecule has 0 aliphatic rings. The molecule has 26 heavy (non-hydrogen) atoms. The molecule has 1 heterocycles. The lowest BCUT2D eigenvalue weighted by Crippen LogP contribution is -2.13. The molecule has 0 aliphatic heterocycles. The van der Waals surface area contributed by atoms with Gasteiger partial charge in [0.2, 0.25) is 5.78 Å². The summed E-state index contributed by atoms with van der Waals surface area (Å²) in [4.78, 5) is 34.1. The van der Waals surface area contributed by atoms with Gasteiger partial charge in [-0.05, 0) is 50.6 Å². The normalized spacial score (nSPS) is 10.9. The lowest BCUT2D eigenvalue weighted by Gasteiger charge is -2.05. The summed E-state index contributed by atoms with van der Waals surface area (Å²) in [5.74, 6) is -0.907. The molecule has 0 aliphatic carbocycles. The van der Waals surface area contributed by atoms with Crippen LogP contribution in [0.3, 0.4) is 0 Å². The zero-order valence-corrected chi connectivity index (χ0v) is 14.9. The molecule has 0 atom stereocenters. The van der Waals surface area contributed by atoms with Gasteiger partial charge in [-0.1, -0.05) is 0 Å². The maximum atomic E-state index is 12.2. The van der Waals surface area contributed by atoms with Gasteiger partial charge in [-0.15, -0.1) is 0 Å². The summed E-state index contributed by atoms with van der Waals surface area (Å²) in [5.41, 5.74) is 2.98. The molecule has 7 heteroatoms. The maximum Gasteiger partial charge on any atom is 0.331 e. The number of hydrogen-bond acceptors (Lipinski definition) is 5. The zero-order chi connectivity index (χ0) is 19.3. The van der Waals surface area contributed by atoms with Crippen molar-refractivity contribution in [2.45, 2.75) is 27.3 Å². The first kappa shape index (κ1) is 19.1. The molecule has 2 aromatic rings. The molecule has 7 nitrogen and oxygen atoms in total. The van der Waals surface area contributed by atoms with Gasteiger partial charge in [0.05, 0.1) is 4.92 Å². The summed E-state index contributed by atoms with van der Waals surface area (Å²) in [6.07, 6.45) is 2.66. The second-order valence-corrected chi connectivity index (χ2v) is 5.74. The van der Waals surface area contributed by atoms with E-state index < -0.39 is 10.9 Å². The third kappa shape index (κ3) is 4.44. The van der Waals surface area contributed by atoms with Crippen LogP contribution < -0.4 is 0 Å². The van der Waals surface area contributed by atoms with Crippen LogP contribution in [0.1, 0.15) is 34.2 Å². The minimum absolute atomic E-state index is 0.0278. The largest absolute Gasteiger partial charge is 0.454 e. The Morgan fingerprint density at radius 1 is 1.23 bits per heavy atom. The molecule has 1 aromatic carbocycles. The second kappa shape index (κ2) is 8.24. The number of ether oxygens (including phenoxy) is 1. The Kier molecular flexibility index (Phi) is 6.06. The molecule has 0 saturated carbocycles. The number of nitro benzene ring substituents is 1. The van der Waals surface area contributed by atoms with Crippen LogP contribution in [-0.4, -0.2) is 27.8 Å². The number of Topliss-reactive ketones (excluding diaryl/α,β-unsaturated/α-hetero) is 1. The van der Waals surface area contributed by atoms with Crippen LogP contribution >= 0.6 is 0 Å². The van der Waals surface area contributed by atoms with Crippen molar-refractivity contribution in [3.63, 3.8) is 0 Å². The molecule has 0 saturated heterocycles. The molecule has 0 radical (unpaired) electrons. The fourth-order valence-electron chi connectivity index (χ4n) is 2.70. The van der Waals surface area contributed by atoms with Gasteiger partial charge in [0.25, 0.3) is 5.69 Å². The minimum atomic E-state index is -0.652. The number of carbonyl (C=O) groups is 2. The number of ketones is 1. The predicted molar refractivity (Wildman–Crippen MR) is 97.0 cm³/mol. The summed E-state index contributed by atoms with van der Waals surface area (Å²) in [5, 5.41) is 10.6. The highest BCUT2D eigenvalue weighted by Gasteiger charge is 2.16. The Morgan fingerprint density at radius 3 is 2.42 bits per heavy atom. The van der Waals surface area contributed by atoms with Gasteiger partial charge in [-0.3, -0.25) is 14.9 Å². The number of aryl methyl sites for hydroxylation is 1. The molecule has 1 aromatic heterocycles. The molecule has 0 N–H and O–H groups in total. The number of rotatable bonds is 7. The van der Waals surface area contributed by atoms with Crippen molar-refractivity contribution in [2.75, 3.05) is 6.61 Å². The predicted octanol–water partition coefficient (Wildman–Crippen LogP) is 3.47. The number of hydrogen-bond donors (Lipinski definition) is 0. The quantitative estimate of drug-likeness (QED) is 0.249. The van der Waals surface area contributed by atoms with Crippen LogP contribution in [0.5, 0.6) is 0 Å². The van der Waals surface area contributed by atoms with E-state index in [1.165, 1.54) is 36.4 Å². The molecule has 2 rings (SSSR count). The van der Waals surface area contributed by atoms with Gasteiger partial charge in [0.1, 0.15) is 0 Å². The van der Waals surface area contributed by atoms with Crippen molar-refractivity contribution in [1.29, 1.82) is 0 Å². The van der Waals surface area contributed by atoms with E-state index in [0.29, 0.717) is 11.1 Å². The topological polar surface area (TPSA) is 91.4 Å². The maximum absolute atomic E-state index is 12.2. The molecular formula is C19H20N2O5. The van der Waals surface area contributed by atoms with E-state index in [1.54, 1.807) is 6.07 Å². The second-order valence-electron chi connectivity index (χ2n) is 5.74. The number of nitrogens with zero attached hydrogens (tertiary/aromatic N) is 2. The van der Waals surface area contributed by atoms with Crippen molar-refractivity contribution < 1.29 is 19.2 Å². The minimum Gasteiger partial charge on any atom is -0.454 e. The van der Waals surface area contributed by atoms with Crippen molar-refractivity contribution in [2.24, 2.45) is 0 Å². The summed E-state index contributed by atoms with van der Waals surface area (Å²) in [7, 11) is 0. The average molecular weight is 356 g/mol. The first-order valence-electron chi connectivity index (χ1n) is 8.12. The van der Waals surface area contributed by atoms with E-state index in [-0.39, 0.29) is 18.1 Å². The van der Waals surface area contributed by atoms with Crippen LogP contribution in [0, 0.1) is 24.0 Å². The highest BCUT2D eigenvalue weighted by molar-refractivity contribution is 6.00. The number of benzene rings is 1. The Morgan fingerprint density at radius 2 is 1.88 bits per heavy atom. The standard InChI is InChI=1S/C19H20N2O5/c1-4-20-13(2)11-17(14(20)3)18(22)12-26-19(23)10-7-15-5-8-16(9-6-15)21(24)25/h5-11H,4,12H2,1-3H3/b10-7+. The van der Waals surface area contributed by atoms with Gasteiger partial charge < -0.3 is 9.30 Å². The van der Waals surface area contributed by atoms with Gasteiger partial charge in [-0.25, -0.2) is 4.79 Å². The Labute approximate surface area is 151 Å². The SMILES string of the molecule is CCn1c(C)cc(C(=O)COC(=O)/C=C/c2ccc([N+](=O)[O-])cc2)c1C. The first-order chi connectivity index (χ1) is 12.3. The smallest absolute Gasteiger partial charge is 0.331 e. The molecule has 0 amide bonds. The van der Waals surface area contributed by atoms with E-state index in [0.717, 1.165) is 17.9 Å². The van der Waals surface area contributed by atoms with Crippen LogP contribution in [0.4, 0.5) is 5.69 Å². The zero-order valence-electron chi connectivity index (χ0n) is 14.9. The van der Waals surface area contributed by atoms with E-state index in [2.05, 4.69) is 0 Å². The van der Waals surface area contributed by atoms with E-state index in [4.69, 9.17) is 4.74 Å². The third-order valence-corrected chi connectivity index (χ3v) is 4.05. The molecule has 0 fully saturated rings. The van der Waals surface area contributed by atoms with E-state index in [1.807, 2.05) is 25.3 Å². The first-order valence-corrected chi connectivity index (χ1v) is 8.12. The Balaban J connectivity index is 1.94. The summed E-state index contributed by atoms with van der Waals surface area (Å²) in [6.45, 7) is 6.21. The third-order valence-electron chi connectivity index (χ3n) is 4.05. The number of nitro groups is 1. The number of aromatic nitrogens is 1. The molecule has 0 bridgehead atoms. The van der Waals surface area contributed by atoms with Gasteiger partial charge in [-0.2, -0.15) is 0 Å². The Bertz CT molecular complexity index is 863. The highest BCUT2D eigenvalue weighted by Crippen LogP contribution is 2.16. The molecule has 0 spiro atoms. The van der Waals surface area contributed by atoms with Gasteiger partial charge in [0.15, 0.2) is 6.61 Å². The molecule has 136 valence electrons. The summed E-state index contributed by atoms with van der Waals surface area (Å²) in [6, 6.07) is 7.52. The highest BCUT2D eigenvalue weighted by atomic mass is 16.6. The fourth-order valence-corrected chi connectivity index (χ4v) is 2.70. The fraction of sp³-hybridized carbons (Fsp3) is 0.263. The number of non-ortho nitro benzene ring substituents is 1. The molecule has 0 unspecified atom stereocenters. The Hall–Kier alpha value is -3.22. The van der Waals surface area contributed by atoms with Crippen molar-refractivity contribution in [1.82, 2.24) is 4.57 Å².